The van der Waals surface area contributed by atoms with E-state index in [1.165, 1.54) is 4.90 Å². The van der Waals surface area contributed by atoms with Gasteiger partial charge in [-0.1, -0.05) is 12.1 Å². The van der Waals surface area contributed by atoms with Crippen molar-refractivity contribution in [1.29, 1.82) is 0 Å². The Morgan fingerprint density at radius 2 is 1.48 bits per heavy atom. The number of alkyl halides is 6. The highest BCUT2D eigenvalue weighted by atomic mass is 32.2. The van der Waals surface area contributed by atoms with Crippen LogP contribution < -0.4 is 4.74 Å². The van der Waals surface area contributed by atoms with Crippen LogP contribution in [-0.2, 0) is 29.8 Å². The Labute approximate surface area is 246 Å². The first-order valence-electron chi connectivity index (χ1n) is 13.5. The fourth-order valence-corrected chi connectivity index (χ4v) is 8.93. The number of halogens is 7. The van der Waals surface area contributed by atoms with E-state index >= 15 is 0 Å². The number of benzene rings is 2. The number of carboxylic acid groups (broad SMARTS) is 1. The molecule has 2 aliphatic heterocycles. The Hall–Kier alpha value is -3.40. The second-order valence-corrected chi connectivity index (χ2v) is 13.5. The summed E-state index contributed by atoms with van der Waals surface area (Å²) in [6.45, 7) is -0.814. The molecule has 0 aromatic heterocycles. The molecule has 5 rings (SSSR count). The van der Waals surface area contributed by atoms with Gasteiger partial charge in [-0.3, -0.25) is 9.59 Å². The molecule has 0 bridgehead atoms. The maximum absolute atomic E-state index is 14.3. The van der Waals surface area contributed by atoms with Gasteiger partial charge in [0.2, 0.25) is 5.91 Å². The van der Waals surface area contributed by atoms with Crippen LogP contribution in [0.3, 0.4) is 0 Å². The SMILES string of the molecule is O=C(O)[C@H]1CC[C@H](C(=O)N2CCC3(S(=O)(=O)c4ccc(F)cc4)c4ccc(C(O)(C(F)(F)F)C(F)(F)F)cc4OCC23)CC1. The molecule has 2 fully saturated rings. The van der Waals surface area contributed by atoms with Gasteiger partial charge in [0.15, 0.2) is 9.84 Å². The van der Waals surface area contributed by atoms with Gasteiger partial charge in [0.05, 0.1) is 16.9 Å². The molecule has 1 saturated heterocycles. The van der Waals surface area contributed by atoms with Gasteiger partial charge in [0.25, 0.3) is 5.60 Å². The van der Waals surface area contributed by atoms with Gasteiger partial charge < -0.3 is 19.8 Å². The summed E-state index contributed by atoms with van der Waals surface area (Å²) in [7, 11) is -4.64. The van der Waals surface area contributed by atoms with E-state index in [0.29, 0.717) is 18.2 Å². The van der Waals surface area contributed by atoms with Crippen molar-refractivity contribution in [3.05, 3.63) is 59.4 Å². The van der Waals surface area contributed by atoms with E-state index in [4.69, 9.17) is 4.74 Å². The number of nitrogens with zero attached hydrogens (tertiary/aromatic N) is 1. The fourth-order valence-electron chi connectivity index (χ4n) is 6.64. The highest BCUT2D eigenvalue weighted by Gasteiger charge is 2.72. The van der Waals surface area contributed by atoms with Gasteiger partial charge in [-0.25, -0.2) is 12.8 Å². The number of carboxylic acids is 1. The van der Waals surface area contributed by atoms with Gasteiger partial charge in [-0.2, -0.15) is 26.3 Å². The number of sulfone groups is 1. The quantitative estimate of drug-likeness (QED) is 0.355. The van der Waals surface area contributed by atoms with E-state index in [-0.39, 0.29) is 44.2 Å². The molecule has 8 nitrogen and oxygen atoms in total. The second-order valence-electron chi connectivity index (χ2n) is 11.3. The number of aliphatic carboxylic acids is 1. The van der Waals surface area contributed by atoms with Crippen LogP contribution in [0.25, 0.3) is 0 Å². The summed E-state index contributed by atoms with van der Waals surface area (Å²) in [5.74, 6) is -4.20. The zero-order chi connectivity index (χ0) is 32.5. The summed E-state index contributed by atoms with van der Waals surface area (Å²) >= 11 is 0. The molecule has 0 spiro atoms. The molecule has 3 aliphatic rings. The van der Waals surface area contributed by atoms with Crippen LogP contribution in [0.1, 0.15) is 43.2 Å². The number of carbonyl (C=O) groups excluding carboxylic acids is 1. The highest BCUT2D eigenvalue weighted by Crippen LogP contribution is 2.56. The van der Waals surface area contributed by atoms with E-state index in [1.807, 2.05) is 0 Å². The first kappa shape index (κ1) is 32.0. The van der Waals surface area contributed by atoms with Crippen molar-refractivity contribution in [3.63, 3.8) is 0 Å². The number of aliphatic hydroxyl groups is 1. The Bertz CT molecular complexity index is 1550. The minimum Gasteiger partial charge on any atom is -0.491 e. The molecule has 240 valence electrons. The monoisotopic (exact) mass is 653 g/mol. The van der Waals surface area contributed by atoms with Crippen molar-refractivity contribution in [1.82, 2.24) is 4.90 Å². The first-order chi connectivity index (χ1) is 20.4. The second kappa shape index (κ2) is 10.6. The van der Waals surface area contributed by atoms with Crippen molar-refractivity contribution < 1.29 is 63.7 Å². The van der Waals surface area contributed by atoms with Crippen LogP contribution in [0.2, 0.25) is 0 Å². The number of fused-ring (bicyclic) bond motifs is 3. The molecule has 2 heterocycles. The third-order valence-electron chi connectivity index (χ3n) is 9.02. The van der Waals surface area contributed by atoms with Crippen LogP contribution in [0.4, 0.5) is 30.7 Å². The molecular weight excluding hydrogens is 627 g/mol. The van der Waals surface area contributed by atoms with Gasteiger partial charge in [0.1, 0.15) is 22.9 Å². The summed E-state index contributed by atoms with van der Waals surface area (Å²) in [6, 6.07) is 3.71. The number of rotatable bonds is 5. The van der Waals surface area contributed by atoms with E-state index in [1.54, 1.807) is 0 Å². The molecule has 2 N–H and O–H groups in total. The van der Waals surface area contributed by atoms with Crippen molar-refractivity contribution in [2.75, 3.05) is 13.2 Å². The molecule has 2 atom stereocenters. The van der Waals surface area contributed by atoms with E-state index in [0.717, 1.165) is 24.3 Å². The number of amides is 1. The van der Waals surface area contributed by atoms with Gasteiger partial charge in [0, 0.05) is 23.6 Å². The summed E-state index contributed by atoms with van der Waals surface area (Å²) < 4.78 is 128. The topological polar surface area (TPSA) is 121 Å². The molecule has 1 amide bonds. The van der Waals surface area contributed by atoms with Crippen molar-refractivity contribution in [3.8, 4) is 5.75 Å². The summed E-state index contributed by atoms with van der Waals surface area (Å²) in [4.78, 5) is 25.9. The Balaban J connectivity index is 1.62. The molecule has 2 unspecified atom stereocenters. The summed E-state index contributed by atoms with van der Waals surface area (Å²) in [5, 5.41) is 19.2. The average Bonchev–Trinajstić information content (AvgIpc) is 3.37. The lowest BCUT2D eigenvalue weighted by atomic mass is 9.81. The molecule has 16 heteroatoms. The predicted molar refractivity (Wildman–Crippen MR) is 136 cm³/mol. The minimum absolute atomic E-state index is 0.178. The smallest absolute Gasteiger partial charge is 0.430 e. The van der Waals surface area contributed by atoms with Crippen molar-refractivity contribution in [2.45, 2.75) is 65.7 Å². The number of carbonyl (C=O) groups is 2. The lowest BCUT2D eigenvalue weighted by Gasteiger charge is -2.43. The van der Waals surface area contributed by atoms with E-state index in [2.05, 4.69) is 0 Å². The number of hydrogen-bond acceptors (Lipinski definition) is 6. The van der Waals surface area contributed by atoms with Crippen LogP contribution in [0, 0.1) is 17.7 Å². The molecule has 1 saturated carbocycles. The van der Waals surface area contributed by atoms with Crippen LogP contribution >= 0.6 is 0 Å². The van der Waals surface area contributed by atoms with Crippen LogP contribution in [0.15, 0.2) is 47.4 Å². The summed E-state index contributed by atoms with van der Waals surface area (Å²) in [6.07, 6.45) is -11.9. The number of hydrogen-bond donors (Lipinski definition) is 2. The predicted octanol–water partition coefficient (Wildman–Crippen LogP) is 4.69. The molecular formula is C28H26F7NO7S. The summed E-state index contributed by atoms with van der Waals surface area (Å²) in [5.41, 5.74) is -7.27. The first-order valence-corrected chi connectivity index (χ1v) is 15.0. The zero-order valence-corrected chi connectivity index (χ0v) is 23.5. The fraction of sp³-hybridized carbons (Fsp3) is 0.500. The standard InChI is InChI=1S/C28H26F7NO7S/c29-18-6-8-19(9-7-18)44(41,42)25-11-12-36(23(37)15-1-3-16(4-2-15)24(38)39)22(25)14-43-21-13-17(5-10-20(21)25)26(40,27(30,31)32)28(33,34)35/h5-10,13,15-16,22,40H,1-4,11-12,14H2,(H,38,39)/t15-,16-,22?,25?. The van der Waals surface area contributed by atoms with Crippen LogP contribution in [-0.4, -0.2) is 67.0 Å². The van der Waals surface area contributed by atoms with Crippen molar-refractivity contribution >= 4 is 21.7 Å². The lowest BCUT2D eigenvalue weighted by molar-refractivity contribution is -0.376. The van der Waals surface area contributed by atoms with Gasteiger partial charge in [-0.15, -0.1) is 0 Å². The Kier molecular flexibility index (Phi) is 7.71. The zero-order valence-electron chi connectivity index (χ0n) is 22.7. The largest absolute Gasteiger partial charge is 0.491 e. The van der Waals surface area contributed by atoms with Crippen molar-refractivity contribution in [2.24, 2.45) is 11.8 Å². The number of likely N-dealkylation sites (tertiary alicyclic amines) is 1. The van der Waals surface area contributed by atoms with Gasteiger partial charge in [-0.05, 0) is 62.4 Å². The highest BCUT2D eigenvalue weighted by molar-refractivity contribution is 7.92. The van der Waals surface area contributed by atoms with E-state index < -0.39 is 90.9 Å². The maximum Gasteiger partial charge on any atom is 0.430 e. The normalized spacial score (nSPS) is 26.0. The average molecular weight is 654 g/mol. The maximum atomic E-state index is 14.3. The Morgan fingerprint density at radius 1 is 0.909 bits per heavy atom. The van der Waals surface area contributed by atoms with Gasteiger partial charge >= 0.3 is 18.3 Å². The molecule has 2 aromatic rings. The Morgan fingerprint density at radius 3 is 2.02 bits per heavy atom. The molecule has 44 heavy (non-hydrogen) atoms. The number of ether oxygens (including phenoxy) is 1. The minimum atomic E-state index is -6.20. The van der Waals surface area contributed by atoms with Crippen LogP contribution in [0.5, 0.6) is 5.75 Å². The third kappa shape index (κ3) is 4.71. The lowest BCUT2D eigenvalue weighted by Crippen LogP contribution is -2.56. The van der Waals surface area contributed by atoms with E-state index in [9.17, 15) is 59.0 Å². The molecule has 2 aromatic carbocycles. The molecule has 1 aliphatic carbocycles. The molecule has 0 radical (unpaired) electrons. The third-order valence-corrected chi connectivity index (χ3v) is 11.6.